The van der Waals surface area contributed by atoms with Crippen LogP contribution < -0.4 is 0 Å². The topological polar surface area (TPSA) is 70.0 Å². The van der Waals surface area contributed by atoms with Crippen LogP contribution in [-0.2, 0) is 4.43 Å². The molecule has 1 aromatic rings. The second-order valence-corrected chi connectivity index (χ2v) is 14.1. The summed E-state index contributed by atoms with van der Waals surface area (Å²) < 4.78 is 7.01. The van der Waals surface area contributed by atoms with Crippen molar-refractivity contribution in [2.45, 2.75) is 76.6 Å². The summed E-state index contributed by atoms with van der Waals surface area (Å²) in [6.07, 6.45) is -0.294. The van der Waals surface area contributed by atoms with Crippen LogP contribution in [0.5, 0.6) is 5.75 Å². The first-order valence-corrected chi connectivity index (χ1v) is 12.2. The van der Waals surface area contributed by atoms with Crippen molar-refractivity contribution in [2.75, 3.05) is 13.1 Å². The van der Waals surface area contributed by atoms with E-state index in [0.29, 0.717) is 29.7 Å². The Labute approximate surface area is 164 Å². The second kappa shape index (κ2) is 8.65. The zero-order valence-electron chi connectivity index (χ0n) is 17.5. The number of phenols is 1. The number of nitrogens with zero attached hydrogens (tertiary/aromatic N) is 1. The minimum Gasteiger partial charge on any atom is -0.508 e. The van der Waals surface area contributed by atoms with Crippen LogP contribution in [0, 0.1) is 0 Å². The van der Waals surface area contributed by atoms with Crippen LogP contribution in [0.3, 0.4) is 0 Å². The first kappa shape index (κ1) is 21.8. The van der Waals surface area contributed by atoms with E-state index in [1.54, 1.807) is 12.1 Å². The Bertz CT molecular complexity index is 608. The third-order valence-electron chi connectivity index (χ3n) is 6.21. The quantitative estimate of drug-likeness (QED) is 0.633. The van der Waals surface area contributed by atoms with Crippen molar-refractivity contribution >= 4 is 14.4 Å². The lowest BCUT2D eigenvalue weighted by atomic mass is 9.87. The van der Waals surface area contributed by atoms with Gasteiger partial charge in [0.2, 0.25) is 8.32 Å². The Morgan fingerprint density at radius 1 is 1.07 bits per heavy atom. The van der Waals surface area contributed by atoms with E-state index in [-0.39, 0.29) is 17.8 Å². The third kappa shape index (κ3) is 4.49. The van der Waals surface area contributed by atoms with Crippen molar-refractivity contribution in [2.24, 2.45) is 0 Å². The van der Waals surface area contributed by atoms with Crippen molar-refractivity contribution < 1.29 is 19.4 Å². The molecule has 27 heavy (non-hydrogen) atoms. The molecule has 152 valence electrons. The first-order valence-electron chi connectivity index (χ1n) is 10.0. The van der Waals surface area contributed by atoms with Gasteiger partial charge in [-0.05, 0) is 40.7 Å². The molecule has 1 aromatic carbocycles. The van der Waals surface area contributed by atoms with E-state index >= 15 is 0 Å². The normalized spacial score (nSPS) is 21.3. The minimum absolute atomic E-state index is 0.143. The van der Waals surface area contributed by atoms with Gasteiger partial charge in [-0.2, -0.15) is 0 Å². The zero-order chi connectivity index (χ0) is 20.4. The van der Waals surface area contributed by atoms with Gasteiger partial charge < -0.3 is 19.5 Å². The van der Waals surface area contributed by atoms with E-state index in [2.05, 4.69) is 41.5 Å². The Kier molecular flexibility index (Phi) is 6.97. The maximum atomic E-state index is 11.6. The lowest BCUT2D eigenvalue weighted by molar-refractivity contribution is 0.0543. The highest BCUT2D eigenvalue weighted by Gasteiger charge is 2.48. The first-order chi connectivity index (χ1) is 12.6. The molecule has 1 aliphatic heterocycles. The molecule has 0 bridgehead atoms. The lowest BCUT2D eigenvalue weighted by Crippen LogP contribution is -2.55. The van der Waals surface area contributed by atoms with Crippen LogP contribution in [0.4, 0.5) is 4.79 Å². The molecule has 0 radical (unpaired) electrons. The summed E-state index contributed by atoms with van der Waals surface area (Å²) in [5, 5.41) is 19.2. The molecule has 1 heterocycles. The maximum absolute atomic E-state index is 11.6. The summed E-state index contributed by atoms with van der Waals surface area (Å²) in [6.45, 7) is 14.4. The van der Waals surface area contributed by atoms with Gasteiger partial charge in [0.15, 0.2) is 0 Å². The molecule has 0 saturated carbocycles. The van der Waals surface area contributed by atoms with Crippen molar-refractivity contribution in [1.29, 1.82) is 0 Å². The predicted molar refractivity (Wildman–Crippen MR) is 111 cm³/mol. The number of piperidine rings is 1. The number of rotatable bonds is 6. The van der Waals surface area contributed by atoms with Gasteiger partial charge in [0, 0.05) is 19.0 Å². The number of phenolic OH excluding ortho intramolecular Hbond substituents is 1. The Balaban J connectivity index is 2.40. The summed E-state index contributed by atoms with van der Waals surface area (Å²) in [4.78, 5) is 13.1. The number of hydrogen-bond donors (Lipinski definition) is 2. The van der Waals surface area contributed by atoms with Crippen molar-refractivity contribution in [1.82, 2.24) is 4.90 Å². The molecule has 1 aliphatic rings. The van der Waals surface area contributed by atoms with Gasteiger partial charge >= 0.3 is 6.09 Å². The molecule has 1 fully saturated rings. The summed E-state index contributed by atoms with van der Waals surface area (Å²) >= 11 is 0. The monoisotopic (exact) mass is 393 g/mol. The number of hydrogen-bond acceptors (Lipinski definition) is 3. The molecule has 2 N–H and O–H groups in total. The van der Waals surface area contributed by atoms with Crippen LogP contribution in [0.2, 0.25) is 16.6 Å². The van der Waals surface area contributed by atoms with Crippen molar-refractivity contribution in [3.63, 3.8) is 0 Å². The van der Waals surface area contributed by atoms with Crippen LogP contribution in [-0.4, -0.2) is 48.7 Å². The molecule has 1 saturated heterocycles. The highest BCUT2D eigenvalue weighted by atomic mass is 28.4. The Hall–Kier alpha value is -1.53. The summed E-state index contributed by atoms with van der Waals surface area (Å²) in [6, 6.07) is 7.29. The average Bonchev–Trinajstić information content (AvgIpc) is 2.59. The summed E-state index contributed by atoms with van der Waals surface area (Å²) in [5.74, 6) is 0.388. The largest absolute Gasteiger partial charge is 0.508 e. The summed E-state index contributed by atoms with van der Waals surface area (Å²) in [7, 11) is -2.13. The van der Waals surface area contributed by atoms with Gasteiger partial charge in [-0.1, -0.05) is 53.7 Å². The van der Waals surface area contributed by atoms with E-state index in [0.717, 1.165) is 12.0 Å². The van der Waals surface area contributed by atoms with E-state index in [1.165, 1.54) is 4.90 Å². The lowest BCUT2D eigenvalue weighted by Gasteiger charge is -2.48. The molecule has 6 heteroatoms. The maximum Gasteiger partial charge on any atom is 0.407 e. The highest BCUT2D eigenvalue weighted by molar-refractivity contribution is 6.77. The minimum atomic E-state index is -2.13. The molecule has 2 rings (SSSR count). The number of amides is 1. The van der Waals surface area contributed by atoms with Gasteiger partial charge in [-0.15, -0.1) is 0 Å². The number of likely N-dealkylation sites (tertiary alicyclic amines) is 1. The fourth-order valence-electron chi connectivity index (χ4n) is 4.98. The van der Waals surface area contributed by atoms with Crippen LogP contribution in [0.15, 0.2) is 24.3 Å². The number of carbonyl (C=O) groups is 1. The van der Waals surface area contributed by atoms with Gasteiger partial charge in [0.25, 0.3) is 0 Å². The van der Waals surface area contributed by atoms with E-state index < -0.39 is 14.4 Å². The smallest absolute Gasteiger partial charge is 0.407 e. The summed E-state index contributed by atoms with van der Waals surface area (Å²) in [5.41, 5.74) is 2.44. The number of carboxylic acid groups (broad SMARTS) is 1. The average molecular weight is 394 g/mol. The van der Waals surface area contributed by atoms with Gasteiger partial charge in [0.05, 0.1) is 6.10 Å². The molecular weight excluding hydrogens is 358 g/mol. The zero-order valence-corrected chi connectivity index (χ0v) is 18.5. The molecular formula is C21H35NO4Si. The molecule has 1 amide bonds. The van der Waals surface area contributed by atoms with Gasteiger partial charge in [0.1, 0.15) is 5.75 Å². The Morgan fingerprint density at radius 2 is 1.59 bits per heavy atom. The predicted octanol–water partition coefficient (Wildman–Crippen LogP) is 5.42. The molecule has 5 nitrogen and oxygen atoms in total. The van der Waals surface area contributed by atoms with Crippen molar-refractivity contribution in [3.05, 3.63) is 29.8 Å². The van der Waals surface area contributed by atoms with Crippen LogP contribution >= 0.6 is 0 Å². The third-order valence-corrected chi connectivity index (χ3v) is 12.3. The van der Waals surface area contributed by atoms with Crippen molar-refractivity contribution in [3.8, 4) is 5.75 Å². The standard InChI is InChI=1S/C21H35NO4Si/c1-14(2)27(15(3)4,16(5)6)26-20-13-22(21(24)25)12-11-19(20)17-7-9-18(23)10-8-17/h7-10,14-16,19-20,23H,11-13H2,1-6H3,(H,24,25). The molecule has 0 aliphatic carbocycles. The van der Waals surface area contributed by atoms with Crippen LogP contribution in [0.25, 0.3) is 0 Å². The van der Waals surface area contributed by atoms with Gasteiger partial charge in [-0.25, -0.2) is 4.79 Å². The highest BCUT2D eigenvalue weighted by Crippen LogP contribution is 2.45. The number of aromatic hydroxyl groups is 1. The second-order valence-electron chi connectivity index (χ2n) is 8.69. The van der Waals surface area contributed by atoms with E-state index in [4.69, 9.17) is 4.43 Å². The van der Waals surface area contributed by atoms with E-state index in [9.17, 15) is 15.0 Å². The van der Waals surface area contributed by atoms with Gasteiger partial charge in [-0.3, -0.25) is 0 Å². The molecule has 2 atom stereocenters. The SMILES string of the molecule is CC(C)[Si](OC1CN(C(=O)O)CCC1c1ccc(O)cc1)(C(C)C)C(C)C. The molecule has 0 spiro atoms. The number of benzene rings is 1. The fourth-order valence-corrected chi connectivity index (χ4v) is 10.6. The molecule has 0 aromatic heterocycles. The fraction of sp³-hybridized carbons (Fsp3) is 0.667. The Morgan fingerprint density at radius 3 is 2.04 bits per heavy atom. The molecule has 2 unspecified atom stereocenters. The van der Waals surface area contributed by atoms with Crippen LogP contribution in [0.1, 0.15) is 59.4 Å². The van der Waals surface area contributed by atoms with E-state index in [1.807, 2.05) is 12.1 Å².